The van der Waals surface area contributed by atoms with Crippen molar-refractivity contribution in [2.24, 2.45) is 0 Å². The van der Waals surface area contributed by atoms with Gasteiger partial charge in [-0.05, 0) is 18.4 Å². The Labute approximate surface area is 109 Å². The van der Waals surface area contributed by atoms with E-state index in [1.165, 1.54) is 13.0 Å². The van der Waals surface area contributed by atoms with Crippen LogP contribution in [-0.2, 0) is 4.79 Å². The molecule has 0 aliphatic carbocycles. The number of fused-ring (bicyclic) bond motifs is 1. The second-order valence-corrected chi connectivity index (χ2v) is 4.22. The summed E-state index contributed by atoms with van der Waals surface area (Å²) in [5, 5.41) is 22.5. The summed E-state index contributed by atoms with van der Waals surface area (Å²) in [6, 6.07) is 9.26. The number of hydrogen-bond donors (Lipinski definition) is 3. The van der Waals surface area contributed by atoms with Gasteiger partial charge in [-0.1, -0.05) is 30.3 Å². The first-order valence-electron chi connectivity index (χ1n) is 5.75. The number of rotatable bonds is 3. The zero-order chi connectivity index (χ0) is 14.0. The Morgan fingerprint density at radius 3 is 2.53 bits per heavy atom. The number of carbonyl (C=O) groups is 2. The maximum Gasteiger partial charge on any atom is 0.325 e. The number of carbonyl (C=O) groups excluding carboxylic acids is 1. The Hall–Kier alpha value is -2.56. The van der Waals surface area contributed by atoms with E-state index in [0.29, 0.717) is 5.39 Å². The molecule has 0 aliphatic rings. The van der Waals surface area contributed by atoms with E-state index in [4.69, 9.17) is 5.11 Å². The van der Waals surface area contributed by atoms with Gasteiger partial charge in [-0.25, -0.2) is 0 Å². The van der Waals surface area contributed by atoms with Crippen LogP contribution in [0.4, 0.5) is 0 Å². The predicted molar refractivity (Wildman–Crippen MR) is 70.2 cm³/mol. The van der Waals surface area contributed by atoms with Gasteiger partial charge >= 0.3 is 5.97 Å². The van der Waals surface area contributed by atoms with Gasteiger partial charge in [0.2, 0.25) is 0 Å². The van der Waals surface area contributed by atoms with Crippen LogP contribution in [-0.4, -0.2) is 28.1 Å². The van der Waals surface area contributed by atoms with Crippen LogP contribution in [0.5, 0.6) is 5.75 Å². The summed E-state index contributed by atoms with van der Waals surface area (Å²) < 4.78 is 0. The first-order chi connectivity index (χ1) is 9.00. The van der Waals surface area contributed by atoms with Crippen molar-refractivity contribution in [1.82, 2.24) is 5.32 Å². The fourth-order valence-electron chi connectivity index (χ4n) is 1.77. The van der Waals surface area contributed by atoms with Crippen LogP contribution in [0.25, 0.3) is 10.8 Å². The number of phenolic OH excluding ortho intramolecular Hbond substituents is 1. The fraction of sp³-hybridized carbons (Fsp3) is 0.143. The maximum atomic E-state index is 11.9. The lowest BCUT2D eigenvalue weighted by molar-refractivity contribution is -0.138. The average molecular weight is 259 g/mol. The summed E-state index contributed by atoms with van der Waals surface area (Å²) in [5.74, 6) is -1.89. The lowest BCUT2D eigenvalue weighted by Gasteiger charge is -2.11. The number of benzene rings is 2. The van der Waals surface area contributed by atoms with Gasteiger partial charge in [-0.2, -0.15) is 0 Å². The first kappa shape index (κ1) is 12.9. The normalized spacial score (nSPS) is 12.1. The van der Waals surface area contributed by atoms with E-state index in [1.54, 1.807) is 18.2 Å². The molecule has 0 fully saturated rings. The molecule has 3 N–H and O–H groups in total. The highest BCUT2D eigenvalue weighted by Crippen LogP contribution is 2.28. The molecular formula is C14H13NO4. The quantitative estimate of drug-likeness (QED) is 0.783. The van der Waals surface area contributed by atoms with Crippen molar-refractivity contribution in [3.63, 3.8) is 0 Å². The Balaban J connectivity index is 2.38. The van der Waals surface area contributed by atoms with Crippen molar-refractivity contribution >= 4 is 22.6 Å². The van der Waals surface area contributed by atoms with Crippen LogP contribution in [0, 0.1) is 0 Å². The Bertz CT molecular complexity index is 651. The zero-order valence-corrected chi connectivity index (χ0v) is 10.3. The molecule has 0 bridgehead atoms. The van der Waals surface area contributed by atoms with E-state index in [2.05, 4.69) is 5.32 Å². The van der Waals surface area contributed by atoms with Gasteiger partial charge in [-0.3, -0.25) is 9.59 Å². The number of aliphatic carboxylic acids is 1. The van der Waals surface area contributed by atoms with Crippen molar-refractivity contribution in [3.8, 4) is 5.75 Å². The van der Waals surface area contributed by atoms with Crippen molar-refractivity contribution in [1.29, 1.82) is 0 Å². The van der Waals surface area contributed by atoms with Crippen molar-refractivity contribution in [3.05, 3.63) is 42.0 Å². The van der Waals surface area contributed by atoms with Crippen LogP contribution in [0.3, 0.4) is 0 Å². The molecule has 0 heterocycles. The zero-order valence-electron chi connectivity index (χ0n) is 10.3. The minimum absolute atomic E-state index is 0.0619. The van der Waals surface area contributed by atoms with Gasteiger partial charge in [-0.15, -0.1) is 0 Å². The van der Waals surface area contributed by atoms with E-state index in [1.807, 2.05) is 12.1 Å². The third kappa shape index (κ3) is 2.49. The molecule has 0 spiro atoms. The smallest absolute Gasteiger partial charge is 0.325 e. The molecule has 5 nitrogen and oxygen atoms in total. The number of nitrogens with one attached hydrogen (secondary N) is 1. The van der Waals surface area contributed by atoms with E-state index < -0.39 is 17.9 Å². The minimum Gasteiger partial charge on any atom is -0.506 e. The second kappa shape index (κ2) is 4.97. The lowest BCUT2D eigenvalue weighted by atomic mass is 10.0. The summed E-state index contributed by atoms with van der Waals surface area (Å²) in [4.78, 5) is 22.6. The van der Waals surface area contributed by atoms with Crippen LogP contribution < -0.4 is 5.32 Å². The summed E-state index contributed by atoms with van der Waals surface area (Å²) in [6.45, 7) is 1.36. The summed E-state index contributed by atoms with van der Waals surface area (Å²) in [6.07, 6.45) is 0. The highest BCUT2D eigenvalue weighted by Gasteiger charge is 2.18. The monoisotopic (exact) mass is 259 g/mol. The minimum atomic E-state index is -1.13. The molecule has 2 rings (SSSR count). The molecule has 0 aromatic heterocycles. The fourth-order valence-corrected chi connectivity index (χ4v) is 1.77. The standard InChI is InChI=1S/C14H13NO4/c1-8(14(18)19)15-13(17)11-7-6-9-4-2-3-5-10(9)12(11)16/h2-8,16H,1H3,(H,15,17)(H,18,19)/t8-/m1/s1. The topological polar surface area (TPSA) is 86.6 Å². The average Bonchev–Trinajstić information content (AvgIpc) is 2.39. The van der Waals surface area contributed by atoms with Gasteiger partial charge in [0, 0.05) is 5.39 Å². The van der Waals surface area contributed by atoms with Crippen molar-refractivity contribution in [2.75, 3.05) is 0 Å². The van der Waals surface area contributed by atoms with E-state index in [9.17, 15) is 14.7 Å². The highest BCUT2D eigenvalue weighted by molar-refractivity contribution is 6.04. The van der Waals surface area contributed by atoms with Crippen molar-refractivity contribution < 1.29 is 19.8 Å². The van der Waals surface area contributed by atoms with Crippen LogP contribution in [0.15, 0.2) is 36.4 Å². The van der Waals surface area contributed by atoms with E-state index >= 15 is 0 Å². The van der Waals surface area contributed by atoms with Gasteiger partial charge in [0.1, 0.15) is 11.8 Å². The van der Waals surface area contributed by atoms with Crippen LogP contribution in [0.2, 0.25) is 0 Å². The molecule has 1 atom stereocenters. The van der Waals surface area contributed by atoms with E-state index in [-0.39, 0.29) is 11.3 Å². The summed E-state index contributed by atoms with van der Waals surface area (Å²) >= 11 is 0. The summed E-state index contributed by atoms with van der Waals surface area (Å²) in [5.41, 5.74) is 0.0619. The molecule has 2 aromatic rings. The number of amides is 1. The van der Waals surface area contributed by atoms with Crippen molar-refractivity contribution in [2.45, 2.75) is 13.0 Å². The van der Waals surface area contributed by atoms with Crippen LogP contribution >= 0.6 is 0 Å². The molecule has 0 saturated heterocycles. The Kier molecular flexibility index (Phi) is 3.37. The SMILES string of the molecule is C[C@@H](NC(=O)c1ccc2ccccc2c1O)C(=O)O. The number of hydrogen-bond acceptors (Lipinski definition) is 3. The van der Waals surface area contributed by atoms with Crippen LogP contribution in [0.1, 0.15) is 17.3 Å². The second-order valence-electron chi connectivity index (χ2n) is 4.22. The molecule has 98 valence electrons. The van der Waals surface area contributed by atoms with Gasteiger partial charge < -0.3 is 15.5 Å². The lowest BCUT2D eigenvalue weighted by Crippen LogP contribution is -2.38. The molecule has 0 radical (unpaired) electrons. The number of aromatic hydroxyl groups is 1. The molecular weight excluding hydrogens is 246 g/mol. The molecule has 0 saturated carbocycles. The molecule has 0 aliphatic heterocycles. The number of carboxylic acids is 1. The molecule has 2 aromatic carbocycles. The van der Waals surface area contributed by atoms with E-state index in [0.717, 1.165) is 5.39 Å². The van der Waals surface area contributed by atoms with Gasteiger partial charge in [0.25, 0.3) is 5.91 Å². The third-order valence-electron chi connectivity index (χ3n) is 2.86. The maximum absolute atomic E-state index is 11.9. The Morgan fingerprint density at radius 2 is 1.84 bits per heavy atom. The summed E-state index contributed by atoms with van der Waals surface area (Å²) in [7, 11) is 0. The molecule has 5 heteroatoms. The van der Waals surface area contributed by atoms with Gasteiger partial charge in [0.15, 0.2) is 0 Å². The largest absolute Gasteiger partial charge is 0.506 e. The number of phenols is 1. The Morgan fingerprint density at radius 1 is 1.16 bits per heavy atom. The predicted octanol–water partition coefficient (Wildman–Crippen LogP) is 1.75. The number of carboxylic acid groups (broad SMARTS) is 1. The molecule has 0 unspecified atom stereocenters. The molecule has 1 amide bonds. The highest BCUT2D eigenvalue weighted by atomic mass is 16.4. The third-order valence-corrected chi connectivity index (χ3v) is 2.86. The first-order valence-corrected chi connectivity index (χ1v) is 5.75. The molecule has 19 heavy (non-hydrogen) atoms. The van der Waals surface area contributed by atoms with Gasteiger partial charge in [0.05, 0.1) is 5.56 Å².